The third-order valence-corrected chi connectivity index (χ3v) is 3.70. The molecule has 0 bridgehead atoms. The maximum absolute atomic E-state index is 5.73. The van der Waals surface area contributed by atoms with E-state index in [0.717, 1.165) is 25.0 Å². The quantitative estimate of drug-likeness (QED) is 0.726. The number of benzene rings is 1. The van der Waals surface area contributed by atoms with E-state index in [1.54, 1.807) is 20.4 Å². The van der Waals surface area contributed by atoms with E-state index in [0.29, 0.717) is 0 Å². The van der Waals surface area contributed by atoms with Crippen LogP contribution in [0.5, 0.6) is 5.75 Å². The first-order valence-electron chi connectivity index (χ1n) is 7.38. The highest BCUT2D eigenvalue weighted by Gasteiger charge is 2.13. The average Bonchev–Trinajstić information content (AvgIpc) is 2.53. The van der Waals surface area contributed by atoms with E-state index >= 15 is 0 Å². The molecular formula is C19H23NO. The molecule has 0 spiro atoms. The fourth-order valence-corrected chi connectivity index (χ4v) is 2.59. The van der Waals surface area contributed by atoms with Crippen LogP contribution in [0.2, 0.25) is 0 Å². The van der Waals surface area contributed by atoms with E-state index in [-0.39, 0.29) is 0 Å². The van der Waals surface area contributed by atoms with Crippen molar-refractivity contribution in [2.24, 2.45) is 4.99 Å². The second kappa shape index (κ2) is 7.63. The summed E-state index contributed by atoms with van der Waals surface area (Å²) in [7, 11) is 3.53. The van der Waals surface area contributed by atoms with Gasteiger partial charge < -0.3 is 4.74 Å². The summed E-state index contributed by atoms with van der Waals surface area (Å²) in [6, 6.07) is 4.34. The lowest BCUT2D eigenvalue weighted by Gasteiger charge is -2.17. The number of allylic oxidation sites excluding steroid dienone is 6. The lowest BCUT2D eigenvalue weighted by atomic mass is 9.93. The number of nitrogens with zero attached hydrogens (tertiary/aromatic N) is 1. The number of methoxy groups -OCH3 is 1. The van der Waals surface area contributed by atoms with Gasteiger partial charge in [-0.15, -0.1) is 0 Å². The summed E-state index contributed by atoms with van der Waals surface area (Å²) in [5.74, 6) is 0.992. The average molecular weight is 281 g/mol. The normalized spacial score (nSPS) is 14.9. The van der Waals surface area contributed by atoms with Crippen molar-refractivity contribution in [2.75, 3.05) is 14.2 Å². The number of ether oxygens (including phenoxy) is 1. The van der Waals surface area contributed by atoms with Crippen LogP contribution in [0.3, 0.4) is 0 Å². The molecule has 0 N–H and O–H groups in total. The fraction of sp³-hybridized carbons (Fsp3) is 0.316. The largest absolute Gasteiger partial charge is 0.496 e. The molecule has 0 unspecified atom stereocenters. The van der Waals surface area contributed by atoms with Crippen LogP contribution < -0.4 is 4.74 Å². The predicted octanol–water partition coefficient (Wildman–Crippen LogP) is 4.54. The van der Waals surface area contributed by atoms with Crippen LogP contribution in [0.4, 0.5) is 0 Å². The Balaban J connectivity index is 2.39. The Morgan fingerprint density at radius 1 is 1.29 bits per heavy atom. The van der Waals surface area contributed by atoms with Crippen molar-refractivity contribution in [1.82, 2.24) is 0 Å². The van der Waals surface area contributed by atoms with Crippen molar-refractivity contribution < 1.29 is 4.74 Å². The Kier molecular flexibility index (Phi) is 5.56. The minimum atomic E-state index is 0.853. The topological polar surface area (TPSA) is 21.6 Å². The van der Waals surface area contributed by atoms with E-state index in [1.165, 1.54) is 22.3 Å². The number of aryl methyl sites for hydroxylation is 1. The third kappa shape index (κ3) is 3.72. The van der Waals surface area contributed by atoms with Gasteiger partial charge in [0.2, 0.25) is 0 Å². The molecule has 0 aromatic heterocycles. The van der Waals surface area contributed by atoms with E-state index in [2.05, 4.69) is 48.4 Å². The standard InChI is InChI=1S/C19H23NO/c1-15-12-13-18(16-9-5-4-6-10-16)19(21-3)17(15)11-7-8-14-20-2/h5,7-10,12-14H,4,6,11H2,1-3H3/b8-7-,20-14?. The van der Waals surface area contributed by atoms with Crippen LogP contribution in [0.1, 0.15) is 29.5 Å². The van der Waals surface area contributed by atoms with Gasteiger partial charge in [0.15, 0.2) is 0 Å². The molecule has 0 saturated heterocycles. The van der Waals surface area contributed by atoms with Crippen molar-refractivity contribution in [3.8, 4) is 5.75 Å². The van der Waals surface area contributed by atoms with Crippen LogP contribution in [0.15, 0.2) is 47.5 Å². The van der Waals surface area contributed by atoms with E-state index < -0.39 is 0 Å². The molecule has 0 atom stereocenters. The summed E-state index contributed by atoms with van der Waals surface area (Å²) in [5, 5.41) is 0. The Bertz CT molecular complexity index is 606. The molecule has 0 amide bonds. The predicted molar refractivity (Wildman–Crippen MR) is 91.3 cm³/mol. The number of hydrogen-bond acceptors (Lipinski definition) is 2. The van der Waals surface area contributed by atoms with Crippen molar-refractivity contribution in [3.05, 3.63) is 59.2 Å². The van der Waals surface area contributed by atoms with Gasteiger partial charge in [-0.25, -0.2) is 0 Å². The zero-order chi connectivity index (χ0) is 15.1. The zero-order valence-corrected chi connectivity index (χ0v) is 13.1. The highest BCUT2D eigenvalue weighted by Crippen LogP contribution is 2.34. The molecule has 2 rings (SSSR count). The zero-order valence-electron chi connectivity index (χ0n) is 13.1. The molecule has 1 aromatic carbocycles. The van der Waals surface area contributed by atoms with Gasteiger partial charge in [0.05, 0.1) is 7.11 Å². The van der Waals surface area contributed by atoms with Crippen molar-refractivity contribution >= 4 is 11.8 Å². The summed E-state index contributed by atoms with van der Waals surface area (Å²) < 4.78 is 5.73. The van der Waals surface area contributed by atoms with Crippen LogP contribution in [0.25, 0.3) is 5.57 Å². The SMILES string of the molecule is CN=C/C=C\Cc1c(C)ccc(C2=CCCC=C2)c1OC. The summed E-state index contributed by atoms with van der Waals surface area (Å²) in [6.07, 6.45) is 15.7. The van der Waals surface area contributed by atoms with Crippen LogP contribution in [-0.4, -0.2) is 20.4 Å². The maximum atomic E-state index is 5.73. The second-order valence-corrected chi connectivity index (χ2v) is 5.12. The fourth-order valence-electron chi connectivity index (χ4n) is 2.59. The smallest absolute Gasteiger partial charge is 0.130 e. The summed E-state index contributed by atoms with van der Waals surface area (Å²) in [5.41, 5.74) is 4.95. The first-order chi connectivity index (χ1) is 10.3. The third-order valence-electron chi connectivity index (χ3n) is 3.70. The van der Waals surface area contributed by atoms with Crippen molar-refractivity contribution in [3.63, 3.8) is 0 Å². The minimum absolute atomic E-state index is 0.853. The molecule has 1 aromatic rings. The molecular weight excluding hydrogens is 258 g/mol. The Morgan fingerprint density at radius 2 is 2.14 bits per heavy atom. The van der Waals surface area contributed by atoms with E-state index in [9.17, 15) is 0 Å². The molecule has 1 aliphatic carbocycles. The lowest BCUT2D eigenvalue weighted by molar-refractivity contribution is 0.409. The number of aliphatic imine (C=N–C) groups is 1. The van der Waals surface area contributed by atoms with Gasteiger partial charge >= 0.3 is 0 Å². The summed E-state index contributed by atoms with van der Waals surface area (Å²) in [4.78, 5) is 3.96. The van der Waals surface area contributed by atoms with Gasteiger partial charge in [-0.3, -0.25) is 4.99 Å². The van der Waals surface area contributed by atoms with Gasteiger partial charge in [-0.1, -0.05) is 36.4 Å². The maximum Gasteiger partial charge on any atom is 0.130 e. The van der Waals surface area contributed by atoms with Gasteiger partial charge in [0, 0.05) is 24.4 Å². The van der Waals surface area contributed by atoms with E-state index in [1.807, 2.05) is 6.08 Å². The molecule has 0 aliphatic heterocycles. The molecule has 110 valence electrons. The highest BCUT2D eigenvalue weighted by atomic mass is 16.5. The molecule has 0 radical (unpaired) electrons. The minimum Gasteiger partial charge on any atom is -0.496 e. The highest BCUT2D eigenvalue weighted by molar-refractivity contribution is 5.80. The second-order valence-electron chi connectivity index (χ2n) is 5.12. The molecule has 0 fully saturated rings. The molecule has 0 saturated carbocycles. The molecule has 0 heterocycles. The monoisotopic (exact) mass is 281 g/mol. The molecule has 2 nitrogen and oxygen atoms in total. The van der Waals surface area contributed by atoms with Crippen LogP contribution >= 0.6 is 0 Å². The Morgan fingerprint density at radius 3 is 2.81 bits per heavy atom. The van der Waals surface area contributed by atoms with Crippen molar-refractivity contribution in [2.45, 2.75) is 26.2 Å². The van der Waals surface area contributed by atoms with Crippen LogP contribution in [0, 0.1) is 6.92 Å². The van der Waals surface area contributed by atoms with Crippen molar-refractivity contribution in [1.29, 1.82) is 0 Å². The molecule has 2 heteroatoms. The Labute approximate surface area is 127 Å². The number of rotatable bonds is 5. The molecule has 1 aliphatic rings. The summed E-state index contributed by atoms with van der Waals surface area (Å²) in [6.45, 7) is 2.13. The van der Waals surface area contributed by atoms with Gasteiger partial charge in [-0.05, 0) is 43.4 Å². The first kappa shape index (κ1) is 15.3. The van der Waals surface area contributed by atoms with Gasteiger partial charge in [0.25, 0.3) is 0 Å². The first-order valence-corrected chi connectivity index (χ1v) is 7.38. The van der Waals surface area contributed by atoms with Crippen LogP contribution in [-0.2, 0) is 6.42 Å². The van der Waals surface area contributed by atoms with Gasteiger partial charge in [0.1, 0.15) is 5.75 Å². The summed E-state index contributed by atoms with van der Waals surface area (Å²) >= 11 is 0. The number of hydrogen-bond donors (Lipinski definition) is 0. The lowest BCUT2D eigenvalue weighted by Crippen LogP contribution is -1.99. The molecule has 21 heavy (non-hydrogen) atoms. The van der Waals surface area contributed by atoms with E-state index in [4.69, 9.17) is 4.74 Å². The van der Waals surface area contributed by atoms with Gasteiger partial charge in [-0.2, -0.15) is 0 Å². The Hall–Kier alpha value is -2.09.